The summed E-state index contributed by atoms with van der Waals surface area (Å²) in [5, 5.41) is 25.1. The summed E-state index contributed by atoms with van der Waals surface area (Å²) in [6, 6.07) is 3.46. The normalized spacial score (nSPS) is 14.1. The van der Waals surface area contributed by atoms with Crippen LogP contribution in [0.25, 0.3) is 0 Å². The summed E-state index contributed by atoms with van der Waals surface area (Å²) in [6.45, 7) is 1.31. The molecule has 4 nitrogen and oxygen atoms in total. The van der Waals surface area contributed by atoms with Gasteiger partial charge in [-0.15, -0.1) is 0 Å². The number of nitrogens with zero attached hydrogens (tertiary/aromatic N) is 2. The molecule has 58 valence electrons. The molecule has 0 amide bonds. The van der Waals surface area contributed by atoms with E-state index in [4.69, 9.17) is 15.6 Å². The molecule has 0 saturated heterocycles. The van der Waals surface area contributed by atoms with Crippen LogP contribution in [0.1, 0.15) is 19.8 Å². The fraction of sp³-hybridized carbons (Fsp3) is 0.571. The third kappa shape index (κ3) is 2.27. The standard InChI is InChI=1S/C7H8N2O2/c1-7(5-9,6(10)11)3-2-4-8/h2-3H2,1H3,(H,10,11). The Morgan fingerprint density at radius 1 is 1.64 bits per heavy atom. The third-order valence-electron chi connectivity index (χ3n) is 1.46. The van der Waals surface area contributed by atoms with Gasteiger partial charge < -0.3 is 5.11 Å². The number of carbonyl (C=O) groups is 1. The number of hydrogen-bond donors (Lipinski definition) is 1. The fourth-order valence-corrected chi connectivity index (χ4v) is 0.517. The Hall–Kier alpha value is -1.55. The van der Waals surface area contributed by atoms with Crippen molar-refractivity contribution in [1.29, 1.82) is 10.5 Å². The number of hydrogen-bond acceptors (Lipinski definition) is 3. The zero-order valence-electron chi connectivity index (χ0n) is 6.16. The van der Waals surface area contributed by atoms with Gasteiger partial charge in [0.15, 0.2) is 5.41 Å². The quantitative estimate of drug-likeness (QED) is 0.651. The largest absolute Gasteiger partial charge is 0.480 e. The lowest BCUT2D eigenvalue weighted by molar-refractivity contribution is -0.144. The van der Waals surface area contributed by atoms with Crippen LogP contribution in [-0.2, 0) is 4.79 Å². The van der Waals surface area contributed by atoms with E-state index >= 15 is 0 Å². The number of carboxylic acid groups (broad SMARTS) is 1. The minimum atomic E-state index is -1.41. The van der Waals surface area contributed by atoms with Gasteiger partial charge in [-0.05, 0) is 13.3 Å². The highest BCUT2D eigenvalue weighted by atomic mass is 16.4. The SMILES string of the molecule is CC(C#N)(CCC#N)C(=O)O. The molecule has 0 fully saturated rings. The summed E-state index contributed by atoms with van der Waals surface area (Å²) in [7, 11) is 0. The molecule has 1 atom stereocenters. The van der Waals surface area contributed by atoms with Crippen molar-refractivity contribution in [3.05, 3.63) is 0 Å². The highest BCUT2D eigenvalue weighted by molar-refractivity contribution is 5.77. The molecule has 0 aromatic heterocycles. The van der Waals surface area contributed by atoms with E-state index in [9.17, 15) is 4.79 Å². The van der Waals surface area contributed by atoms with E-state index in [1.165, 1.54) is 6.92 Å². The second-order valence-corrected chi connectivity index (χ2v) is 2.41. The Balaban J connectivity index is 4.29. The summed E-state index contributed by atoms with van der Waals surface area (Å²) in [5.74, 6) is -1.17. The molecule has 0 bridgehead atoms. The topological polar surface area (TPSA) is 84.9 Å². The van der Waals surface area contributed by atoms with Gasteiger partial charge in [0.1, 0.15) is 0 Å². The van der Waals surface area contributed by atoms with E-state index in [0.29, 0.717) is 0 Å². The molecule has 0 rings (SSSR count). The van der Waals surface area contributed by atoms with Crippen molar-refractivity contribution >= 4 is 5.97 Å². The van der Waals surface area contributed by atoms with Crippen molar-refractivity contribution < 1.29 is 9.90 Å². The predicted octanol–water partition coefficient (Wildman–Crippen LogP) is 0.905. The maximum atomic E-state index is 10.4. The van der Waals surface area contributed by atoms with Crippen LogP contribution in [0.15, 0.2) is 0 Å². The maximum absolute atomic E-state index is 10.4. The highest BCUT2D eigenvalue weighted by Crippen LogP contribution is 2.21. The molecule has 0 aliphatic rings. The van der Waals surface area contributed by atoms with Gasteiger partial charge in [-0.3, -0.25) is 4.79 Å². The van der Waals surface area contributed by atoms with Gasteiger partial charge >= 0.3 is 5.97 Å². The third-order valence-corrected chi connectivity index (χ3v) is 1.46. The van der Waals surface area contributed by atoms with E-state index < -0.39 is 11.4 Å². The van der Waals surface area contributed by atoms with Crippen molar-refractivity contribution in [1.82, 2.24) is 0 Å². The Kier molecular flexibility index (Phi) is 3.07. The number of carboxylic acids is 1. The van der Waals surface area contributed by atoms with Gasteiger partial charge in [0.25, 0.3) is 0 Å². The van der Waals surface area contributed by atoms with Gasteiger partial charge in [0.2, 0.25) is 0 Å². The molecule has 11 heavy (non-hydrogen) atoms. The first-order valence-electron chi connectivity index (χ1n) is 3.08. The second kappa shape index (κ2) is 3.58. The maximum Gasteiger partial charge on any atom is 0.323 e. The predicted molar refractivity (Wildman–Crippen MR) is 36.2 cm³/mol. The monoisotopic (exact) mass is 152 g/mol. The van der Waals surface area contributed by atoms with Crippen LogP contribution in [0.2, 0.25) is 0 Å². The molecule has 1 unspecified atom stereocenters. The zero-order valence-corrected chi connectivity index (χ0v) is 6.16. The van der Waals surface area contributed by atoms with Crippen molar-refractivity contribution in [2.75, 3.05) is 0 Å². The van der Waals surface area contributed by atoms with Gasteiger partial charge in [-0.2, -0.15) is 10.5 Å². The summed E-state index contributed by atoms with van der Waals surface area (Å²) >= 11 is 0. The molecule has 0 aliphatic heterocycles. The average molecular weight is 152 g/mol. The van der Waals surface area contributed by atoms with Crippen LogP contribution >= 0.6 is 0 Å². The average Bonchev–Trinajstić information content (AvgIpc) is 2.00. The van der Waals surface area contributed by atoms with E-state index in [1.54, 1.807) is 12.1 Å². The van der Waals surface area contributed by atoms with Gasteiger partial charge in [-0.25, -0.2) is 0 Å². The smallest absolute Gasteiger partial charge is 0.323 e. The molecule has 0 heterocycles. The lowest BCUT2D eigenvalue weighted by Crippen LogP contribution is -2.25. The molecule has 0 aliphatic carbocycles. The van der Waals surface area contributed by atoms with E-state index in [-0.39, 0.29) is 12.8 Å². The summed E-state index contributed by atoms with van der Waals surface area (Å²) in [4.78, 5) is 10.4. The van der Waals surface area contributed by atoms with Gasteiger partial charge in [0.05, 0.1) is 12.1 Å². The Bertz CT molecular complexity index is 236. The number of rotatable bonds is 3. The minimum Gasteiger partial charge on any atom is -0.480 e. The first kappa shape index (κ1) is 9.45. The van der Waals surface area contributed by atoms with Gasteiger partial charge in [-0.1, -0.05) is 0 Å². The van der Waals surface area contributed by atoms with Crippen LogP contribution in [-0.4, -0.2) is 11.1 Å². The molecule has 0 radical (unpaired) electrons. The minimum absolute atomic E-state index is 0.0787. The van der Waals surface area contributed by atoms with Crippen molar-refractivity contribution in [3.63, 3.8) is 0 Å². The molecular weight excluding hydrogens is 144 g/mol. The Morgan fingerprint density at radius 3 is 2.45 bits per heavy atom. The Morgan fingerprint density at radius 2 is 2.18 bits per heavy atom. The molecular formula is C7H8N2O2. The molecule has 1 N–H and O–H groups in total. The fourth-order valence-electron chi connectivity index (χ4n) is 0.517. The van der Waals surface area contributed by atoms with E-state index in [1.807, 2.05) is 0 Å². The number of aliphatic carboxylic acids is 1. The second-order valence-electron chi connectivity index (χ2n) is 2.41. The number of nitriles is 2. The highest BCUT2D eigenvalue weighted by Gasteiger charge is 2.32. The van der Waals surface area contributed by atoms with E-state index in [2.05, 4.69) is 0 Å². The van der Waals surface area contributed by atoms with Crippen molar-refractivity contribution in [2.24, 2.45) is 5.41 Å². The molecule has 0 aromatic rings. The van der Waals surface area contributed by atoms with Crippen LogP contribution in [0.3, 0.4) is 0 Å². The molecule has 4 heteroatoms. The van der Waals surface area contributed by atoms with Crippen LogP contribution < -0.4 is 0 Å². The summed E-state index contributed by atoms with van der Waals surface area (Å²) in [6.07, 6.45) is 0.172. The summed E-state index contributed by atoms with van der Waals surface area (Å²) in [5.41, 5.74) is -1.41. The van der Waals surface area contributed by atoms with Gasteiger partial charge in [0, 0.05) is 6.42 Å². The first-order chi connectivity index (χ1) is 5.06. The lowest BCUT2D eigenvalue weighted by atomic mass is 9.88. The van der Waals surface area contributed by atoms with Crippen LogP contribution in [0.4, 0.5) is 0 Å². The first-order valence-corrected chi connectivity index (χ1v) is 3.08. The summed E-state index contributed by atoms with van der Waals surface area (Å²) < 4.78 is 0. The molecule has 0 spiro atoms. The van der Waals surface area contributed by atoms with Crippen LogP contribution in [0.5, 0.6) is 0 Å². The van der Waals surface area contributed by atoms with Crippen molar-refractivity contribution in [3.8, 4) is 12.1 Å². The molecule has 0 aromatic carbocycles. The van der Waals surface area contributed by atoms with Crippen molar-refractivity contribution in [2.45, 2.75) is 19.8 Å². The lowest BCUT2D eigenvalue weighted by Gasteiger charge is -2.12. The zero-order chi connectivity index (χ0) is 8.91. The molecule has 0 saturated carbocycles. The van der Waals surface area contributed by atoms with Crippen LogP contribution in [0, 0.1) is 28.1 Å². The Labute approximate surface area is 64.7 Å². The van der Waals surface area contributed by atoms with E-state index in [0.717, 1.165) is 0 Å².